The number of hydrogen-bond donors (Lipinski definition) is 0. The quantitative estimate of drug-likeness (QED) is 0.704. The van der Waals surface area contributed by atoms with Crippen LogP contribution >= 0.6 is 0 Å². The molecule has 1 aromatic carbocycles. The van der Waals surface area contributed by atoms with Gasteiger partial charge < -0.3 is 14.2 Å². The van der Waals surface area contributed by atoms with E-state index in [-0.39, 0.29) is 12.4 Å². The molecule has 0 aromatic heterocycles. The lowest BCUT2D eigenvalue weighted by Gasteiger charge is -2.14. The summed E-state index contributed by atoms with van der Waals surface area (Å²) in [5, 5.41) is 0. The fourth-order valence-electron chi connectivity index (χ4n) is 1.25. The van der Waals surface area contributed by atoms with Crippen LogP contribution in [0.25, 0.3) is 0 Å². The van der Waals surface area contributed by atoms with E-state index in [2.05, 4.69) is 4.74 Å². The first-order chi connectivity index (χ1) is 8.69. The molecule has 1 unspecified atom stereocenters. The largest absolute Gasteiger partial charge is 0.490 e. The second-order valence-electron chi connectivity index (χ2n) is 3.48. The first kappa shape index (κ1) is 14.3. The molecule has 100 valence electrons. The summed E-state index contributed by atoms with van der Waals surface area (Å²) in [5.41, 5.74) is 0. The third-order valence-corrected chi connectivity index (χ3v) is 2.01. The Hall–Kier alpha value is -1.78. The number of para-hydroxylation sites is 2. The molecule has 0 aliphatic carbocycles. The summed E-state index contributed by atoms with van der Waals surface area (Å²) in [6.45, 7) is 4.16. The van der Waals surface area contributed by atoms with Gasteiger partial charge >= 0.3 is 12.3 Å². The number of ether oxygens (including phenoxy) is 3. The van der Waals surface area contributed by atoms with Gasteiger partial charge in [0.1, 0.15) is 0 Å². The van der Waals surface area contributed by atoms with Crippen molar-refractivity contribution in [3.8, 4) is 11.5 Å². The van der Waals surface area contributed by atoms with Crippen LogP contribution in [0.3, 0.4) is 0 Å². The zero-order chi connectivity index (χ0) is 13.4. The summed E-state index contributed by atoms with van der Waals surface area (Å²) in [6, 6.07) is 6.61. The van der Waals surface area contributed by atoms with E-state index in [0.29, 0.717) is 12.4 Å². The van der Waals surface area contributed by atoms with Crippen LogP contribution in [0, 0.1) is 0 Å². The predicted octanol–water partition coefficient (Wildman–Crippen LogP) is 2.71. The first-order valence-corrected chi connectivity index (χ1v) is 5.88. The molecule has 0 radical (unpaired) electrons. The molecule has 0 saturated heterocycles. The van der Waals surface area contributed by atoms with Gasteiger partial charge in [-0.05, 0) is 25.5 Å². The normalized spacial score (nSPS) is 11.7. The highest BCUT2D eigenvalue weighted by Gasteiger charge is 2.21. The molecule has 0 bridgehead atoms. The van der Waals surface area contributed by atoms with Crippen molar-refractivity contribution < 1.29 is 23.4 Å². The molecule has 4 nitrogen and oxygen atoms in total. The Morgan fingerprint density at radius 1 is 1.28 bits per heavy atom. The molecule has 0 fully saturated rings. The lowest BCUT2D eigenvalue weighted by Crippen LogP contribution is -2.25. The fourth-order valence-corrected chi connectivity index (χ4v) is 1.25. The Balaban J connectivity index is 2.68. The van der Waals surface area contributed by atoms with E-state index in [1.807, 2.05) is 6.92 Å². The average molecular weight is 256 g/mol. The molecule has 0 aliphatic rings. The van der Waals surface area contributed by atoms with Crippen molar-refractivity contribution in [3.63, 3.8) is 0 Å². The molecule has 18 heavy (non-hydrogen) atoms. The lowest BCUT2D eigenvalue weighted by atomic mass is 10.3. The van der Waals surface area contributed by atoms with Crippen molar-refractivity contribution >= 4 is 5.97 Å². The molecule has 1 atom stereocenters. The van der Waals surface area contributed by atoms with E-state index in [4.69, 9.17) is 9.47 Å². The smallest absolute Gasteiger partial charge is 0.381 e. The van der Waals surface area contributed by atoms with Crippen LogP contribution in [-0.2, 0) is 9.53 Å². The van der Waals surface area contributed by atoms with Gasteiger partial charge in [-0.15, -0.1) is 0 Å². The number of carbonyl (C=O) groups excluding carboxylic acids is 1. The maximum atomic E-state index is 13.4. The average Bonchev–Trinajstić information content (AvgIpc) is 2.38. The number of halogens is 1. The van der Waals surface area contributed by atoms with Gasteiger partial charge in [0.05, 0.1) is 13.2 Å². The van der Waals surface area contributed by atoms with Gasteiger partial charge in [-0.25, -0.2) is 4.79 Å². The van der Waals surface area contributed by atoms with Gasteiger partial charge in [0.25, 0.3) is 0 Å². The van der Waals surface area contributed by atoms with Crippen molar-refractivity contribution in [2.75, 3.05) is 13.2 Å². The predicted molar refractivity (Wildman–Crippen MR) is 64.4 cm³/mol. The van der Waals surface area contributed by atoms with E-state index in [9.17, 15) is 9.18 Å². The minimum absolute atomic E-state index is 0.108. The summed E-state index contributed by atoms with van der Waals surface area (Å²) in [7, 11) is 0. The number of hydrogen-bond acceptors (Lipinski definition) is 4. The van der Waals surface area contributed by atoms with E-state index in [1.54, 1.807) is 25.1 Å². The standard InChI is InChI=1S/C13H17FO4/c1-3-9-17-10-7-5-6-8-11(10)18-12(14)13(15)16-4-2/h5-8,12H,3-4,9H2,1-2H3. The highest BCUT2D eigenvalue weighted by atomic mass is 19.1. The zero-order valence-corrected chi connectivity index (χ0v) is 10.5. The van der Waals surface area contributed by atoms with Crippen LogP contribution in [0.5, 0.6) is 11.5 Å². The fraction of sp³-hybridized carbons (Fsp3) is 0.462. The maximum Gasteiger partial charge on any atom is 0.381 e. The highest BCUT2D eigenvalue weighted by molar-refractivity contribution is 5.73. The third kappa shape index (κ3) is 4.24. The van der Waals surface area contributed by atoms with Crippen LogP contribution in [0.4, 0.5) is 4.39 Å². The molecule has 0 N–H and O–H groups in total. The molecule has 0 spiro atoms. The number of carbonyl (C=O) groups is 1. The van der Waals surface area contributed by atoms with Crippen LogP contribution in [0.1, 0.15) is 20.3 Å². The van der Waals surface area contributed by atoms with Crippen LogP contribution in [-0.4, -0.2) is 25.5 Å². The molecule has 0 saturated carbocycles. The second kappa shape index (κ2) is 7.53. The summed E-state index contributed by atoms with van der Waals surface area (Å²) in [4.78, 5) is 11.1. The van der Waals surface area contributed by atoms with Crippen LogP contribution in [0.2, 0.25) is 0 Å². The second-order valence-corrected chi connectivity index (χ2v) is 3.48. The Morgan fingerprint density at radius 2 is 1.94 bits per heavy atom. The molecule has 0 heterocycles. The topological polar surface area (TPSA) is 44.8 Å². The van der Waals surface area contributed by atoms with E-state index in [1.165, 1.54) is 6.07 Å². The van der Waals surface area contributed by atoms with E-state index in [0.717, 1.165) is 6.42 Å². The molecule has 5 heteroatoms. The van der Waals surface area contributed by atoms with Gasteiger partial charge in [-0.2, -0.15) is 4.39 Å². The summed E-state index contributed by atoms with van der Waals surface area (Å²) >= 11 is 0. The molecular formula is C13H17FO4. The van der Waals surface area contributed by atoms with Crippen LogP contribution < -0.4 is 9.47 Å². The molecule has 0 amide bonds. The van der Waals surface area contributed by atoms with Gasteiger partial charge in [-0.3, -0.25) is 0 Å². The Bertz CT molecular complexity index is 381. The third-order valence-electron chi connectivity index (χ3n) is 2.01. The summed E-state index contributed by atoms with van der Waals surface area (Å²) < 4.78 is 28.2. The SMILES string of the molecule is CCCOc1ccccc1OC(F)C(=O)OCC. The minimum atomic E-state index is -2.14. The van der Waals surface area contributed by atoms with E-state index >= 15 is 0 Å². The van der Waals surface area contributed by atoms with Gasteiger partial charge in [0.2, 0.25) is 0 Å². The summed E-state index contributed by atoms with van der Waals surface area (Å²) in [6.07, 6.45) is -1.32. The highest BCUT2D eigenvalue weighted by Crippen LogP contribution is 2.27. The lowest BCUT2D eigenvalue weighted by molar-refractivity contribution is -0.159. The first-order valence-electron chi connectivity index (χ1n) is 5.88. The number of rotatable bonds is 7. The van der Waals surface area contributed by atoms with Crippen molar-refractivity contribution in [2.45, 2.75) is 26.6 Å². The Labute approximate surface area is 106 Å². The number of esters is 1. The Morgan fingerprint density at radius 3 is 2.56 bits per heavy atom. The molecule has 1 aromatic rings. The zero-order valence-electron chi connectivity index (χ0n) is 10.5. The van der Waals surface area contributed by atoms with Crippen molar-refractivity contribution in [1.82, 2.24) is 0 Å². The van der Waals surface area contributed by atoms with Gasteiger partial charge in [0.15, 0.2) is 11.5 Å². The van der Waals surface area contributed by atoms with Gasteiger partial charge in [0, 0.05) is 0 Å². The van der Waals surface area contributed by atoms with Crippen LogP contribution in [0.15, 0.2) is 24.3 Å². The van der Waals surface area contributed by atoms with Crippen molar-refractivity contribution in [3.05, 3.63) is 24.3 Å². The maximum absolute atomic E-state index is 13.4. The number of alkyl halides is 1. The molecular weight excluding hydrogens is 239 g/mol. The van der Waals surface area contributed by atoms with E-state index < -0.39 is 12.3 Å². The summed E-state index contributed by atoms with van der Waals surface area (Å²) in [5.74, 6) is -0.444. The number of benzene rings is 1. The minimum Gasteiger partial charge on any atom is -0.490 e. The van der Waals surface area contributed by atoms with Gasteiger partial charge in [-0.1, -0.05) is 19.1 Å². The van der Waals surface area contributed by atoms with Crippen molar-refractivity contribution in [2.24, 2.45) is 0 Å². The molecule has 1 rings (SSSR count). The molecule has 0 aliphatic heterocycles. The monoisotopic (exact) mass is 256 g/mol. The Kier molecular flexibility index (Phi) is 5.97. The van der Waals surface area contributed by atoms with Crippen molar-refractivity contribution in [1.29, 1.82) is 0 Å².